The van der Waals surface area contributed by atoms with Crippen LogP contribution in [0, 0.1) is 20.8 Å². The number of hydrazone groups is 1. The highest BCUT2D eigenvalue weighted by atomic mass is 79.9. The normalized spacial score (nSPS) is 14.3. The highest BCUT2D eigenvalue weighted by molar-refractivity contribution is 9.11. The molecule has 5 nitrogen and oxygen atoms in total. The summed E-state index contributed by atoms with van der Waals surface area (Å²) < 4.78 is 27.6. The first-order valence-corrected chi connectivity index (χ1v) is 9.90. The summed E-state index contributed by atoms with van der Waals surface area (Å²) in [6.07, 6.45) is 1.47. The monoisotopic (exact) mass is 412 g/mol. The molecule has 3 rings (SSSR count). The zero-order chi connectivity index (χ0) is 16.9. The average molecular weight is 413 g/mol. The van der Waals surface area contributed by atoms with E-state index in [1.165, 1.54) is 17.6 Å². The summed E-state index contributed by atoms with van der Waals surface area (Å²) in [4.78, 5) is 0.935. The van der Waals surface area contributed by atoms with Crippen LogP contribution in [0.2, 0.25) is 0 Å². The van der Waals surface area contributed by atoms with Gasteiger partial charge in [-0.25, -0.2) is 8.42 Å². The lowest BCUT2D eigenvalue weighted by atomic mass is 9.75. The number of hydrogen-bond donors (Lipinski definition) is 1. The third kappa shape index (κ3) is 2.75. The minimum Gasteiger partial charge on any atom is -0.427 e. The van der Waals surface area contributed by atoms with E-state index in [0.29, 0.717) is 16.6 Å². The minimum absolute atomic E-state index is 0.192. The molecule has 9 heteroatoms. The minimum atomic E-state index is -3.95. The number of nitrogens with zero attached hydrogens (tertiary/aromatic N) is 2. The lowest BCUT2D eigenvalue weighted by Gasteiger charge is -2.26. The van der Waals surface area contributed by atoms with Crippen molar-refractivity contribution in [2.45, 2.75) is 25.7 Å². The first kappa shape index (κ1) is 16.7. The van der Waals surface area contributed by atoms with Crippen LogP contribution in [-0.4, -0.2) is 31.0 Å². The summed E-state index contributed by atoms with van der Waals surface area (Å²) in [6, 6.07) is 5.34. The van der Waals surface area contributed by atoms with E-state index in [4.69, 9.17) is 0 Å². The molecule has 2 heterocycles. The molecule has 0 amide bonds. The van der Waals surface area contributed by atoms with E-state index in [2.05, 4.69) is 21.0 Å². The maximum Gasteiger partial charge on any atom is 0.485 e. The molecule has 0 bridgehead atoms. The van der Waals surface area contributed by atoms with Gasteiger partial charge in [-0.3, -0.25) is 0 Å². The van der Waals surface area contributed by atoms with Crippen molar-refractivity contribution in [1.82, 2.24) is 4.33 Å². The Bertz CT molecular complexity index is 901. The lowest BCUT2D eigenvalue weighted by molar-refractivity contribution is 0.476. The molecule has 1 aromatic heterocycles. The summed E-state index contributed by atoms with van der Waals surface area (Å²) in [5.41, 5.74) is 2.80. The first-order chi connectivity index (χ1) is 10.7. The molecule has 1 aliphatic heterocycles. The fraction of sp³-hybridized carbons (Fsp3) is 0.214. The zero-order valence-electron chi connectivity index (χ0n) is 12.7. The van der Waals surface area contributed by atoms with Gasteiger partial charge in [-0.05, 0) is 59.4 Å². The van der Waals surface area contributed by atoms with Crippen molar-refractivity contribution in [2.24, 2.45) is 5.10 Å². The second-order valence-corrected chi connectivity index (χ2v) is 9.69. The molecule has 2 aromatic rings. The fourth-order valence-corrected chi connectivity index (χ4v) is 6.06. The van der Waals surface area contributed by atoms with Gasteiger partial charge in [-0.1, -0.05) is 17.7 Å². The molecule has 1 N–H and O–H groups in total. The van der Waals surface area contributed by atoms with Gasteiger partial charge in [0.1, 0.15) is 0 Å². The second kappa shape index (κ2) is 5.73. The standard InChI is InChI=1S/C14H14BBrN2O3S2/c1-8-4-9(2)14(10(3)5-8)23(20,21)18-15(19)11-6-13(16)22-12(11)7-17-18/h4-7,19H,1-3H3. The maximum atomic E-state index is 13.0. The van der Waals surface area contributed by atoms with Crippen LogP contribution in [0.3, 0.4) is 0 Å². The van der Waals surface area contributed by atoms with Gasteiger partial charge in [-0.2, -0.15) is 9.43 Å². The van der Waals surface area contributed by atoms with Crippen molar-refractivity contribution in [3.63, 3.8) is 0 Å². The fourth-order valence-electron chi connectivity index (χ4n) is 2.84. The van der Waals surface area contributed by atoms with E-state index in [-0.39, 0.29) is 4.90 Å². The number of sulfonamides is 1. The van der Waals surface area contributed by atoms with Crippen molar-refractivity contribution in [2.75, 3.05) is 0 Å². The van der Waals surface area contributed by atoms with E-state index in [1.807, 2.05) is 19.1 Å². The van der Waals surface area contributed by atoms with Crippen molar-refractivity contribution in [1.29, 1.82) is 0 Å². The molecule has 0 saturated carbocycles. The van der Waals surface area contributed by atoms with Crippen LogP contribution in [0.4, 0.5) is 0 Å². The van der Waals surface area contributed by atoms with E-state index >= 15 is 0 Å². The Hall–Kier alpha value is -1.16. The summed E-state index contributed by atoms with van der Waals surface area (Å²) in [5.74, 6) is 0. The molecule has 0 atom stereocenters. The van der Waals surface area contributed by atoms with Crippen molar-refractivity contribution >= 4 is 56.0 Å². The number of aryl methyl sites for hydroxylation is 3. The van der Waals surface area contributed by atoms with Gasteiger partial charge in [0, 0.05) is 4.88 Å². The Morgan fingerprint density at radius 2 is 1.83 bits per heavy atom. The Kier molecular flexibility index (Phi) is 4.16. The molecule has 0 radical (unpaired) electrons. The molecule has 23 heavy (non-hydrogen) atoms. The van der Waals surface area contributed by atoms with Gasteiger partial charge in [0.25, 0.3) is 10.0 Å². The van der Waals surface area contributed by atoms with Crippen LogP contribution in [0.25, 0.3) is 0 Å². The van der Waals surface area contributed by atoms with E-state index in [1.54, 1.807) is 19.9 Å². The topological polar surface area (TPSA) is 70.0 Å². The Balaban J connectivity index is 2.12. The molecule has 0 aliphatic carbocycles. The van der Waals surface area contributed by atoms with Crippen LogP contribution in [0.1, 0.15) is 21.6 Å². The molecule has 0 saturated heterocycles. The molecule has 120 valence electrons. The summed E-state index contributed by atoms with van der Waals surface area (Å²) in [6.45, 7) is 5.42. The van der Waals surface area contributed by atoms with Gasteiger partial charge in [0.15, 0.2) is 0 Å². The largest absolute Gasteiger partial charge is 0.485 e. The van der Waals surface area contributed by atoms with Gasteiger partial charge in [-0.15, -0.1) is 11.3 Å². The lowest BCUT2D eigenvalue weighted by Crippen LogP contribution is -2.51. The van der Waals surface area contributed by atoms with Crippen LogP contribution < -0.4 is 5.46 Å². The zero-order valence-corrected chi connectivity index (χ0v) is 16.0. The Labute approximate surface area is 148 Å². The van der Waals surface area contributed by atoms with Crippen LogP contribution in [0.5, 0.6) is 0 Å². The van der Waals surface area contributed by atoms with Crippen LogP contribution in [-0.2, 0) is 10.0 Å². The van der Waals surface area contributed by atoms with E-state index in [0.717, 1.165) is 18.6 Å². The Morgan fingerprint density at radius 1 is 1.22 bits per heavy atom. The van der Waals surface area contributed by atoms with Gasteiger partial charge in [0.05, 0.1) is 14.9 Å². The molecule has 0 fully saturated rings. The number of hydrogen-bond acceptors (Lipinski definition) is 5. The van der Waals surface area contributed by atoms with Crippen molar-refractivity contribution in [3.05, 3.63) is 43.6 Å². The first-order valence-electron chi connectivity index (χ1n) is 6.85. The summed E-state index contributed by atoms with van der Waals surface area (Å²) in [5, 5.41) is 14.5. The number of benzene rings is 1. The molecule has 1 aliphatic rings. The number of rotatable bonds is 2. The van der Waals surface area contributed by atoms with E-state index < -0.39 is 17.1 Å². The van der Waals surface area contributed by atoms with Crippen molar-refractivity contribution < 1.29 is 13.4 Å². The maximum absolute atomic E-state index is 13.0. The molecule has 1 aromatic carbocycles. The van der Waals surface area contributed by atoms with Crippen molar-refractivity contribution in [3.8, 4) is 0 Å². The van der Waals surface area contributed by atoms with Crippen LogP contribution in [0.15, 0.2) is 32.0 Å². The van der Waals surface area contributed by atoms with Gasteiger partial charge in [0.2, 0.25) is 0 Å². The average Bonchev–Trinajstić information content (AvgIpc) is 2.78. The Morgan fingerprint density at radius 3 is 2.43 bits per heavy atom. The molecule has 0 unspecified atom stereocenters. The molecular formula is C14H14BBrN2O3S2. The number of halogens is 1. The quantitative estimate of drug-likeness (QED) is 0.768. The smallest absolute Gasteiger partial charge is 0.427 e. The van der Waals surface area contributed by atoms with E-state index in [9.17, 15) is 13.4 Å². The third-order valence-electron chi connectivity index (χ3n) is 3.65. The highest BCUT2D eigenvalue weighted by Gasteiger charge is 2.40. The number of thiophene rings is 1. The SMILES string of the molecule is Cc1cc(C)c(S(=O)(=O)N2N=Cc3sc(Br)cc3B2O)c(C)c1. The summed E-state index contributed by atoms with van der Waals surface area (Å²) >= 11 is 4.74. The van der Waals surface area contributed by atoms with Gasteiger partial charge >= 0.3 is 7.05 Å². The summed E-state index contributed by atoms with van der Waals surface area (Å²) in [7, 11) is -5.28. The molecule has 0 spiro atoms. The third-order valence-corrected chi connectivity index (χ3v) is 7.18. The number of fused-ring (bicyclic) bond motifs is 1. The molecular weight excluding hydrogens is 399 g/mol. The predicted octanol–water partition coefficient (Wildman–Crippen LogP) is 2.16. The highest BCUT2D eigenvalue weighted by Crippen LogP contribution is 2.28. The second-order valence-electron chi connectivity index (χ2n) is 5.49. The predicted molar refractivity (Wildman–Crippen MR) is 96.9 cm³/mol. The van der Waals surface area contributed by atoms with Gasteiger partial charge < -0.3 is 5.02 Å². The van der Waals surface area contributed by atoms with Crippen LogP contribution >= 0.6 is 27.3 Å².